The lowest BCUT2D eigenvalue weighted by Gasteiger charge is -2.31. The molecule has 2 rings (SSSR count). The molecule has 0 saturated heterocycles. The largest absolute Gasteiger partial charge is 0.341 e. The lowest BCUT2D eigenvalue weighted by atomic mass is 10.0. The van der Waals surface area contributed by atoms with E-state index in [0.717, 1.165) is 25.7 Å². The van der Waals surface area contributed by atoms with E-state index in [4.69, 9.17) is 0 Å². The minimum absolute atomic E-state index is 0.122. The Bertz CT molecular complexity index is 393. The summed E-state index contributed by atoms with van der Waals surface area (Å²) in [5.74, 6) is 0. The normalized spacial score (nSPS) is 29.6. The van der Waals surface area contributed by atoms with E-state index < -0.39 is 7.37 Å². The molecule has 0 heterocycles. The fraction of sp³-hybridized carbons (Fsp3) is 0.500. The molecule has 1 fully saturated rings. The van der Waals surface area contributed by atoms with Gasteiger partial charge in [0.25, 0.3) is 0 Å². The summed E-state index contributed by atoms with van der Waals surface area (Å²) in [6, 6.07) is 9.04. The predicted octanol–water partition coefficient (Wildman–Crippen LogP) is 3.29. The van der Waals surface area contributed by atoms with Crippen molar-refractivity contribution < 1.29 is 9.46 Å². The second kappa shape index (κ2) is 5.03. The van der Waals surface area contributed by atoms with E-state index in [9.17, 15) is 9.46 Å². The van der Waals surface area contributed by atoms with Crippen molar-refractivity contribution in [2.75, 3.05) is 0 Å². The molecule has 16 heavy (non-hydrogen) atoms. The Morgan fingerprint density at radius 1 is 1.19 bits per heavy atom. The molecule has 1 saturated carbocycles. The second-order valence-electron chi connectivity index (χ2n) is 4.33. The zero-order valence-corrected chi connectivity index (χ0v) is 11.5. The van der Waals surface area contributed by atoms with Crippen molar-refractivity contribution in [2.45, 2.75) is 36.2 Å². The third-order valence-electron chi connectivity index (χ3n) is 3.22. The van der Waals surface area contributed by atoms with Gasteiger partial charge in [0.15, 0.2) is 0 Å². The first-order chi connectivity index (χ1) is 7.62. The maximum Gasteiger partial charge on any atom is 0.233 e. The summed E-state index contributed by atoms with van der Waals surface area (Å²) >= 11 is 3.56. The van der Waals surface area contributed by atoms with Crippen LogP contribution in [0.2, 0.25) is 0 Å². The monoisotopic (exact) mass is 302 g/mol. The Labute approximate surface area is 105 Å². The van der Waals surface area contributed by atoms with Crippen molar-refractivity contribution in [2.24, 2.45) is 0 Å². The fourth-order valence-corrected chi connectivity index (χ4v) is 5.95. The van der Waals surface area contributed by atoms with Crippen LogP contribution in [0.25, 0.3) is 0 Å². The number of rotatable bonds is 2. The van der Waals surface area contributed by atoms with Crippen LogP contribution < -0.4 is 5.30 Å². The highest BCUT2D eigenvalue weighted by molar-refractivity contribution is 9.09. The van der Waals surface area contributed by atoms with Crippen LogP contribution >= 0.6 is 23.3 Å². The molecule has 1 unspecified atom stereocenters. The number of hydrogen-bond donors (Lipinski definition) is 1. The van der Waals surface area contributed by atoms with E-state index >= 15 is 0 Å². The second-order valence-corrected chi connectivity index (χ2v) is 7.93. The number of hydrogen-bond acceptors (Lipinski definition) is 1. The zero-order valence-electron chi connectivity index (χ0n) is 9.05. The standard InChI is InChI=1S/C12H16BrO2P/c13-11-8-4-5-9-12(11)16(14,15)10-6-2-1-3-7-10/h1-3,6-7,11-12H,4-5,8-9H2,(H,14,15)/t11-,12+/m0/s1. The average Bonchev–Trinajstić information content (AvgIpc) is 2.30. The molecule has 0 amide bonds. The highest BCUT2D eigenvalue weighted by Crippen LogP contribution is 2.52. The van der Waals surface area contributed by atoms with E-state index in [0.29, 0.717) is 5.30 Å². The van der Waals surface area contributed by atoms with Crippen LogP contribution in [0.1, 0.15) is 25.7 Å². The topological polar surface area (TPSA) is 37.3 Å². The molecule has 1 aliphatic rings. The molecule has 0 aromatic heterocycles. The Hall–Kier alpha value is -0.110. The minimum atomic E-state index is -3.22. The van der Waals surface area contributed by atoms with Crippen LogP contribution in [0.4, 0.5) is 0 Å². The summed E-state index contributed by atoms with van der Waals surface area (Å²) in [6.07, 6.45) is 4.06. The van der Waals surface area contributed by atoms with E-state index in [1.54, 1.807) is 12.1 Å². The van der Waals surface area contributed by atoms with Crippen LogP contribution in [0.5, 0.6) is 0 Å². The predicted molar refractivity (Wildman–Crippen MR) is 70.9 cm³/mol. The van der Waals surface area contributed by atoms with Gasteiger partial charge in [0.05, 0.1) is 5.66 Å². The Kier molecular flexibility index (Phi) is 3.89. The van der Waals surface area contributed by atoms with Crippen molar-refractivity contribution in [1.29, 1.82) is 0 Å². The molecule has 88 valence electrons. The van der Waals surface area contributed by atoms with E-state index in [1.807, 2.05) is 18.2 Å². The van der Waals surface area contributed by atoms with E-state index in [2.05, 4.69) is 15.9 Å². The van der Waals surface area contributed by atoms with Crippen LogP contribution in [0, 0.1) is 0 Å². The molecule has 1 aromatic rings. The summed E-state index contributed by atoms with van der Waals surface area (Å²) in [5.41, 5.74) is -0.122. The van der Waals surface area contributed by atoms with Gasteiger partial charge in [-0.05, 0) is 25.0 Å². The number of alkyl halides is 1. The lowest BCUT2D eigenvalue weighted by molar-refractivity contribution is 0.439. The molecule has 0 spiro atoms. The molecule has 3 atom stereocenters. The number of benzene rings is 1. The summed E-state index contributed by atoms with van der Waals surface area (Å²) in [7, 11) is -3.22. The van der Waals surface area contributed by atoms with Crippen molar-refractivity contribution in [3.05, 3.63) is 30.3 Å². The van der Waals surface area contributed by atoms with Gasteiger partial charge in [-0.2, -0.15) is 0 Å². The fourth-order valence-electron chi connectivity index (χ4n) is 2.29. The Morgan fingerprint density at radius 3 is 2.44 bits per heavy atom. The van der Waals surface area contributed by atoms with Gasteiger partial charge >= 0.3 is 0 Å². The van der Waals surface area contributed by atoms with Crippen molar-refractivity contribution in [1.82, 2.24) is 0 Å². The van der Waals surface area contributed by atoms with Crippen LogP contribution in [-0.2, 0) is 4.57 Å². The SMILES string of the molecule is O=P(O)(c1ccccc1)[C@@H]1CCCC[C@@H]1Br. The minimum Gasteiger partial charge on any atom is -0.341 e. The summed E-state index contributed by atoms with van der Waals surface area (Å²) in [5, 5.41) is 0.589. The number of halogens is 1. The lowest BCUT2D eigenvalue weighted by Crippen LogP contribution is -2.29. The molecule has 0 aliphatic heterocycles. The highest BCUT2D eigenvalue weighted by atomic mass is 79.9. The van der Waals surface area contributed by atoms with E-state index in [1.165, 1.54) is 0 Å². The van der Waals surface area contributed by atoms with Crippen LogP contribution in [-0.4, -0.2) is 15.4 Å². The third kappa shape index (κ3) is 2.42. The van der Waals surface area contributed by atoms with Crippen LogP contribution in [0.3, 0.4) is 0 Å². The molecule has 1 N–H and O–H groups in total. The average molecular weight is 303 g/mol. The Balaban J connectivity index is 2.27. The van der Waals surface area contributed by atoms with Gasteiger partial charge in [0, 0.05) is 10.1 Å². The first-order valence-corrected chi connectivity index (χ1v) is 8.29. The summed E-state index contributed by atoms with van der Waals surface area (Å²) in [6.45, 7) is 0. The van der Waals surface area contributed by atoms with Crippen molar-refractivity contribution in [3.63, 3.8) is 0 Å². The molecule has 2 nitrogen and oxygen atoms in total. The third-order valence-corrected chi connectivity index (χ3v) is 7.28. The van der Waals surface area contributed by atoms with E-state index in [-0.39, 0.29) is 10.5 Å². The summed E-state index contributed by atoms with van der Waals surface area (Å²) in [4.78, 5) is 10.5. The summed E-state index contributed by atoms with van der Waals surface area (Å²) < 4.78 is 12.5. The first kappa shape index (κ1) is 12.3. The van der Waals surface area contributed by atoms with Gasteiger partial charge in [-0.25, -0.2) is 0 Å². The molecule has 0 radical (unpaired) electrons. The maximum absolute atomic E-state index is 12.5. The zero-order chi connectivity index (χ0) is 11.6. The van der Waals surface area contributed by atoms with Crippen molar-refractivity contribution in [3.8, 4) is 0 Å². The maximum atomic E-state index is 12.5. The van der Waals surface area contributed by atoms with Crippen LogP contribution in [0.15, 0.2) is 30.3 Å². The molecule has 1 aliphatic carbocycles. The molecule has 0 bridgehead atoms. The smallest absolute Gasteiger partial charge is 0.233 e. The van der Waals surface area contributed by atoms with Gasteiger partial charge < -0.3 is 4.89 Å². The highest BCUT2D eigenvalue weighted by Gasteiger charge is 2.38. The molecule has 1 aromatic carbocycles. The Morgan fingerprint density at radius 2 is 1.81 bits per heavy atom. The van der Waals surface area contributed by atoms with Gasteiger partial charge in [0.1, 0.15) is 0 Å². The van der Waals surface area contributed by atoms with Gasteiger partial charge in [-0.15, -0.1) is 0 Å². The first-order valence-electron chi connectivity index (χ1n) is 5.64. The molecule has 4 heteroatoms. The quantitative estimate of drug-likeness (QED) is 0.672. The van der Waals surface area contributed by atoms with Crippen molar-refractivity contribution >= 4 is 28.6 Å². The van der Waals surface area contributed by atoms with Gasteiger partial charge in [0.2, 0.25) is 7.37 Å². The van der Waals surface area contributed by atoms with Gasteiger partial charge in [-0.3, -0.25) is 4.57 Å². The van der Waals surface area contributed by atoms with Gasteiger partial charge in [-0.1, -0.05) is 47.0 Å². The molecular formula is C12H16BrO2P. The molecular weight excluding hydrogens is 287 g/mol.